The summed E-state index contributed by atoms with van der Waals surface area (Å²) < 4.78 is 12.9. The second-order valence-corrected chi connectivity index (χ2v) is 4.53. The smallest absolute Gasteiger partial charge is 0.329 e. The van der Waals surface area contributed by atoms with Gasteiger partial charge >= 0.3 is 12.0 Å². The molecule has 1 atom stereocenters. The van der Waals surface area contributed by atoms with Crippen molar-refractivity contribution in [1.29, 1.82) is 0 Å². The van der Waals surface area contributed by atoms with Crippen LogP contribution in [-0.2, 0) is 4.79 Å². The van der Waals surface area contributed by atoms with E-state index < -0.39 is 23.4 Å². The van der Waals surface area contributed by atoms with E-state index in [4.69, 9.17) is 5.11 Å². The van der Waals surface area contributed by atoms with Crippen molar-refractivity contribution in [1.82, 2.24) is 5.32 Å². The molecule has 0 aromatic heterocycles. The van der Waals surface area contributed by atoms with Crippen molar-refractivity contribution >= 4 is 17.7 Å². The van der Waals surface area contributed by atoms with Crippen LogP contribution >= 0.6 is 0 Å². The van der Waals surface area contributed by atoms with Gasteiger partial charge in [0.15, 0.2) is 0 Å². The Balaban J connectivity index is 2.78. The maximum absolute atomic E-state index is 12.9. The zero-order chi connectivity index (χ0) is 14.6. The second-order valence-electron chi connectivity index (χ2n) is 4.53. The van der Waals surface area contributed by atoms with Gasteiger partial charge in [-0.25, -0.2) is 14.0 Å². The van der Waals surface area contributed by atoms with Crippen LogP contribution in [0.4, 0.5) is 14.9 Å². The molecular formula is C13H17FN2O3. The Hall–Kier alpha value is -2.11. The average Bonchev–Trinajstić information content (AvgIpc) is 2.32. The molecule has 1 aromatic carbocycles. The highest BCUT2D eigenvalue weighted by Crippen LogP contribution is 2.16. The molecule has 0 radical (unpaired) electrons. The Morgan fingerprint density at radius 3 is 2.53 bits per heavy atom. The van der Waals surface area contributed by atoms with E-state index in [0.717, 1.165) is 0 Å². The molecule has 2 amide bonds. The Morgan fingerprint density at radius 1 is 1.42 bits per heavy atom. The molecule has 3 N–H and O–H groups in total. The molecule has 0 aliphatic carbocycles. The number of aryl methyl sites for hydroxylation is 1. The predicted molar refractivity (Wildman–Crippen MR) is 69.6 cm³/mol. The lowest BCUT2D eigenvalue weighted by Gasteiger charge is -2.24. The third-order valence-electron chi connectivity index (χ3n) is 3.01. The molecule has 1 unspecified atom stereocenters. The number of urea groups is 1. The van der Waals surface area contributed by atoms with Crippen molar-refractivity contribution in [2.45, 2.75) is 32.7 Å². The molecule has 6 heteroatoms. The van der Waals surface area contributed by atoms with Crippen molar-refractivity contribution in [2.24, 2.45) is 0 Å². The quantitative estimate of drug-likeness (QED) is 0.785. The minimum absolute atomic E-state index is 0.248. The van der Waals surface area contributed by atoms with Gasteiger partial charge in [-0.05, 0) is 44.0 Å². The molecule has 0 heterocycles. The summed E-state index contributed by atoms with van der Waals surface area (Å²) in [6.45, 7) is 4.74. The van der Waals surface area contributed by atoms with Gasteiger partial charge in [0.25, 0.3) is 0 Å². The lowest BCUT2D eigenvalue weighted by atomic mass is 10.00. The number of rotatable bonds is 4. The number of anilines is 1. The summed E-state index contributed by atoms with van der Waals surface area (Å²) >= 11 is 0. The normalized spacial score (nSPS) is 13.5. The summed E-state index contributed by atoms with van der Waals surface area (Å²) in [6.07, 6.45) is 0.248. The molecule has 104 valence electrons. The molecule has 0 aliphatic heterocycles. The molecular weight excluding hydrogens is 251 g/mol. The molecule has 0 saturated heterocycles. The molecule has 0 fully saturated rings. The van der Waals surface area contributed by atoms with Crippen LogP contribution in [0.2, 0.25) is 0 Å². The van der Waals surface area contributed by atoms with Crippen LogP contribution in [0.25, 0.3) is 0 Å². The van der Waals surface area contributed by atoms with Crippen LogP contribution in [0.15, 0.2) is 18.2 Å². The number of benzene rings is 1. The number of nitrogens with one attached hydrogen (secondary N) is 2. The first-order valence-corrected chi connectivity index (χ1v) is 5.87. The fraction of sp³-hybridized carbons (Fsp3) is 0.385. The molecule has 19 heavy (non-hydrogen) atoms. The third kappa shape index (κ3) is 3.67. The topological polar surface area (TPSA) is 78.4 Å². The summed E-state index contributed by atoms with van der Waals surface area (Å²) in [6, 6.07) is 3.29. The van der Waals surface area contributed by atoms with Crippen molar-refractivity contribution in [3.8, 4) is 0 Å². The van der Waals surface area contributed by atoms with Gasteiger partial charge in [-0.2, -0.15) is 0 Å². The van der Waals surface area contributed by atoms with E-state index in [1.54, 1.807) is 13.8 Å². The van der Waals surface area contributed by atoms with Gasteiger partial charge in [-0.15, -0.1) is 0 Å². The molecule has 1 aromatic rings. The predicted octanol–water partition coefficient (Wildman–Crippen LogP) is 2.51. The first-order valence-electron chi connectivity index (χ1n) is 5.87. The van der Waals surface area contributed by atoms with Gasteiger partial charge in [0.05, 0.1) is 0 Å². The molecule has 0 spiro atoms. The third-order valence-corrected chi connectivity index (χ3v) is 3.01. The summed E-state index contributed by atoms with van der Waals surface area (Å²) in [4.78, 5) is 22.8. The molecule has 5 nitrogen and oxygen atoms in total. The zero-order valence-electron chi connectivity index (χ0n) is 11.1. The SMILES string of the molecule is CCC(C)(NC(=O)Nc1ccc(F)cc1C)C(=O)O. The van der Waals surface area contributed by atoms with Crippen LogP contribution < -0.4 is 10.6 Å². The largest absolute Gasteiger partial charge is 0.480 e. The van der Waals surface area contributed by atoms with Gasteiger partial charge in [-0.3, -0.25) is 0 Å². The van der Waals surface area contributed by atoms with Gasteiger partial charge < -0.3 is 15.7 Å². The molecule has 0 saturated carbocycles. The van der Waals surface area contributed by atoms with Crippen LogP contribution in [0.1, 0.15) is 25.8 Å². The highest BCUT2D eigenvalue weighted by Gasteiger charge is 2.32. The molecule has 0 aliphatic rings. The highest BCUT2D eigenvalue weighted by atomic mass is 19.1. The van der Waals surface area contributed by atoms with Gasteiger partial charge in [0.1, 0.15) is 11.4 Å². The fourth-order valence-corrected chi connectivity index (χ4v) is 1.46. The summed E-state index contributed by atoms with van der Waals surface area (Å²) in [5.74, 6) is -1.51. The maximum Gasteiger partial charge on any atom is 0.329 e. The summed E-state index contributed by atoms with van der Waals surface area (Å²) in [5.41, 5.74) is -0.343. The number of carboxylic acids is 1. The average molecular weight is 268 g/mol. The summed E-state index contributed by atoms with van der Waals surface area (Å²) in [7, 11) is 0. The van der Waals surface area contributed by atoms with E-state index >= 15 is 0 Å². The van der Waals surface area contributed by atoms with Gasteiger partial charge in [0.2, 0.25) is 0 Å². The van der Waals surface area contributed by atoms with E-state index in [1.165, 1.54) is 25.1 Å². The number of aliphatic carboxylic acids is 1. The minimum atomic E-state index is -1.34. The number of carbonyl (C=O) groups excluding carboxylic acids is 1. The Bertz CT molecular complexity index is 505. The van der Waals surface area contributed by atoms with Crippen molar-refractivity contribution in [3.63, 3.8) is 0 Å². The van der Waals surface area contributed by atoms with Gasteiger partial charge in [-0.1, -0.05) is 6.92 Å². The molecule has 0 bridgehead atoms. The Labute approximate surface area is 110 Å². The van der Waals surface area contributed by atoms with E-state index in [-0.39, 0.29) is 6.42 Å². The first kappa shape index (κ1) is 14.9. The number of hydrogen-bond donors (Lipinski definition) is 3. The lowest BCUT2D eigenvalue weighted by Crippen LogP contribution is -2.53. The number of hydrogen-bond acceptors (Lipinski definition) is 2. The number of carbonyl (C=O) groups is 2. The zero-order valence-corrected chi connectivity index (χ0v) is 11.1. The van der Waals surface area contributed by atoms with Crippen molar-refractivity contribution < 1.29 is 19.1 Å². The minimum Gasteiger partial charge on any atom is -0.480 e. The lowest BCUT2D eigenvalue weighted by molar-refractivity contribution is -0.143. The monoisotopic (exact) mass is 268 g/mol. The fourth-order valence-electron chi connectivity index (χ4n) is 1.46. The molecule has 1 rings (SSSR count). The maximum atomic E-state index is 12.9. The first-order chi connectivity index (χ1) is 8.78. The highest BCUT2D eigenvalue weighted by molar-refractivity contribution is 5.94. The van der Waals surface area contributed by atoms with E-state index in [0.29, 0.717) is 11.3 Å². The van der Waals surface area contributed by atoms with E-state index in [1.807, 2.05) is 0 Å². The van der Waals surface area contributed by atoms with Crippen LogP contribution in [0, 0.1) is 12.7 Å². The van der Waals surface area contributed by atoms with Gasteiger partial charge in [0, 0.05) is 5.69 Å². The van der Waals surface area contributed by atoms with Crippen LogP contribution in [0.5, 0.6) is 0 Å². The van der Waals surface area contributed by atoms with E-state index in [2.05, 4.69) is 10.6 Å². The standard InChI is InChI=1S/C13H17FN2O3/c1-4-13(3,11(17)18)16-12(19)15-10-6-5-9(14)7-8(10)2/h5-7H,4H2,1-3H3,(H,17,18)(H2,15,16,19). The van der Waals surface area contributed by atoms with Crippen molar-refractivity contribution in [2.75, 3.05) is 5.32 Å². The number of halogens is 1. The Morgan fingerprint density at radius 2 is 2.05 bits per heavy atom. The second kappa shape index (κ2) is 5.69. The van der Waals surface area contributed by atoms with Crippen LogP contribution in [-0.4, -0.2) is 22.6 Å². The number of carboxylic acid groups (broad SMARTS) is 1. The summed E-state index contributed by atoms with van der Waals surface area (Å²) in [5, 5.41) is 13.9. The van der Waals surface area contributed by atoms with E-state index in [9.17, 15) is 14.0 Å². The number of amides is 2. The Kier molecular flexibility index (Phi) is 4.47. The van der Waals surface area contributed by atoms with Crippen LogP contribution in [0.3, 0.4) is 0 Å². The van der Waals surface area contributed by atoms with Crippen molar-refractivity contribution in [3.05, 3.63) is 29.6 Å².